The van der Waals surface area contributed by atoms with Gasteiger partial charge in [0.25, 0.3) is 0 Å². The molecule has 2 N–H and O–H groups in total. The summed E-state index contributed by atoms with van der Waals surface area (Å²) >= 11 is 6.16. The van der Waals surface area contributed by atoms with E-state index in [4.69, 9.17) is 22.1 Å². The number of aryl methyl sites for hydroxylation is 1. The van der Waals surface area contributed by atoms with Crippen molar-refractivity contribution in [3.05, 3.63) is 69.2 Å². The van der Waals surface area contributed by atoms with Gasteiger partial charge in [-0.3, -0.25) is 0 Å². The minimum Gasteiger partial charge on any atom is -0.372 e. The van der Waals surface area contributed by atoms with Crippen LogP contribution in [0, 0.1) is 6.92 Å². The van der Waals surface area contributed by atoms with Crippen molar-refractivity contribution in [2.45, 2.75) is 26.2 Å². The zero-order valence-electron chi connectivity index (χ0n) is 10.8. The van der Waals surface area contributed by atoms with Gasteiger partial charge in [0.15, 0.2) is 0 Å². The first-order chi connectivity index (χ1) is 9.15. The Morgan fingerprint density at radius 3 is 2.53 bits per heavy atom. The molecule has 2 aromatic carbocycles. The summed E-state index contributed by atoms with van der Waals surface area (Å²) in [5.74, 6) is 0. The second-order valence-electron chi connectivity index (χ2n) is 5.01. The first-order valence-corrected chi connectivity index (χ1v) is 6.74. The molecule has 3 heteroatoms. The van der Waals surface area contributed by atoms with Crippen LogP contribution in [0.1, 0.15) is 33.9 Å². The van der Waals surface area contributed by atoms with E-state index in [1.807, 2.05) is 25.1 Å². The number of benzene rings is 2. The van der Waals surface area contributed by atoms with Gasteiger partial charge in [0.2, 0.25) is 0 Å². The van der Waals surface area contributed by atoms with Gasteiger partial charge in [0.1, 0.15) is 0 Å². The van der Waals surface area contributed by atoms with Crippen LogP contribution >= 0.6 is 11.6 Å². The molecule has 0 aliphatic carbocycles. The molecule has 0 radical (unpaired) electrons. The van der Waals surface area contributed by atoms with E-state index in [2.05, 4.69) is 18.2 Å². The lowest BCUT2D eigenvalue weighted by Gasteiger charge is -2.14. The van der Waals surface area contributed by atoms with Crippen molar-refractivity contribution >= 4 is 11.6 Å². The Balaban J connectivity index is 1.94. The van der Waals surface area contributed by atoms with E-state index < -0.39 is 0 Å². The molecule has 0 saturated heterocycles. The molecule has 0 spiro atoms. The topological polar surface area (TPSA) is 35.2 Å². The van der Waals surface area contributed by atoms with Crippen LogP contribution in [0.2, 0.25) is 5.02 Å². The van der Waals surface area contributed by atoms with Crippen LogP contribution in [0.15, 0.2) is 36.4 Å². The molecule has 0 saturated carbocycles. The van der Waals surface area contributed by atoms with Gasteiger partial charge in [-0.05, 0) is 40.8 Å². The number of ether oxygens (including phenoxy) is 1. The van der Waals surface area contributed by atoms with Crippen molar-refractivity contribution in [2.24, 2.45) is 5.73 Å². The van der Waals surface area contributed by atoms with Gasteiger partial charge in [-0.15, -0.1) is 0 Å². The number of hydrogen-bond acceptors (Lipinski definition) is 2. The lowest BCUT2D eigenvalue weighted by atomic mass is 9.96. The van der Waals surface area contributed by atoms with Crippen molar-refractivity contribution < 1.29 is 4.74 Å². The van der Waals surface area contributed by atoms with Crippen LogP contribution in [0.4, 0.5) is 0 Å². The molecule has 0 bridgehead atoms. The first-order valence-electron chi connectivity index (χ1n) is 6.36. The monoisotopic (exact) mass is 273 g/mol. The zero-order valence-corrected chi connectivity index (χ0v) is 11.6. The number of halogens is 1. The Kier molecular flexibility index (Phi) is 3.31. The highest BCUT2D eigenvalue weighted by atomic mass is 35.5. The number of fused-ring (bicyclic) bond motifs is 1. The molecule has 2 aromatic rings. The van der Waals surface area contributed by atoms with Crippen LogP contribution in [0.5, 0.6) is 0 Å². The predicted molar refractivity (Wildman–Crippen MR) is 77.2 cm³/mol. The Morgan fingerprint density at radius 1 is 1.05 bits per heavy atom. The summed E-state index contributed by atoms with van der Waals surface area (Å²) in [6, 6.07) is 12.2. The molecule has 3 rings (SSSR count). The fourth-order valence-electron chi connectivity index (χ4n) is 2.38. The average Bonchev–Trinajstić information content (AvgIpc) is 2.88. The molecule has 1 unspecified atom stereocenters. The van der Waals surface area contributed by atoms with E-state index in [0.29, 0.717) is 13.2 Å². The van der Waals surface area contributed by atoms with Crippen molar-refractivity contribution in [3.8, 4) is 0 Å². The molecule has 1 atom stereocenters. The highest BCUT2D eigenvalue weighted by Gasteiger charge is 2.15. The van der Waals surface area contributed by atoms with Crippen LogP contribution in [0.25, 0.3) is 0 Å². The van der Waals surface area contributed by atoms with Gasteiger partial charge < -0.3 is 10.5 Å². The Hall–Kier alpha value is -1.35. The van der Waals surface area contributed by atoms with Crippen LogP contribution in [-0.2, 0) is 18.0 Å². The van der Waals surface area contributed by atoms with Crippen molar-refractivity contribution in [1.82, 2.24) is 0 Å². The molecular weight excluding hydrogens is 258 g/mol. The van der Waals surface area contributed by atoms with Gasteiger partial charge >= 0.3 is 0 Å². The average molecular weight is 274 g/mol. The molecule has 19 heavy (non-hydrogen) atoms. The minimum absolute atomic E-state index is 0.149. The van der Waals surface area contributed by atoms with Crippen molar-refractivity contribution in [3.63, 3.8) is 0 Å². The van der Waals surface area contributed by atoms with Crippen LogP contribution in [0.3, 0.4) is 0 Å². The summed E-state index contributed by atoms with van der Waals surface area (Å²) < 4.78 is 5.43. The van der Waals surface area contributed by atoms with Crippen molar-refractivity contribution in [2.75, 3.05) is 0 Å². The Bertz CT molecular complexity index is 624. The van der Waals surface area contributed by atoms with Gasteiger partial charge in [0.05, 0.1) is 19.3 Å². The Morgan fingerprint density at radius 2 is 1.74 bits per heavy atom. The van der Waals surface area contributed by atoms with Crippen LogP contribution < -0.4 is 5.73 Å². The standard InChI is InChI=1S/C16H16ClNO/c1-10-2-3-12(7-15(10)17)16(18)11-4-5-13-8-19-9-14(13)6-11/h2-7,16H,8-9,18H2,1H3. The summed E-state index contributed by atoms with van der Waals surface area (Å²) in [5, 5.41) is 0.762. The fraction of sp³-hybridized carbons (Fsp3) is 0.250. The maximum atomic E-state index is 6.33. The van der Waals surface area contributed by atoms with Gasteiger partial charge in [0, 0.05) is 5.02 Å². The molecule has 1 heterocycles. The molecule has 0 amide bonds. The number of rotatable bonds is 2. The number of nitrogens with two attached hydrogens (primary N) is 1. The highest BCUT2D eigenvalue weighted by Crippen LogP contribution is 2.28. The summed E-state index contributed by atoms with van der Waals surface area (Å²) in [6.07, 6.45) is 0. The lowest BCUT2D eigenvalue weighted by Crippen LogP contribution is -2.12. The molecule has 1 aliphatic rings. The largest absolute Gasteiger partial charge is 0.372 e. The first kappa shape index (κ1) is 12.7. The Labute approximate surface area is 118 Å². The number of hydrogen-bond donors (Lipinski definition) is 1. The quantitative estimate of drug-likeness (QED) is 0.905. The normalized spacial score (nSPS) is 15.3. The van der Waals surface area contributed by atoms with E-state index in [-0.39, 0.29) is 6.04 Å². The molecule has 98 valence electrons. The third-order valence-corrected chi connectivity index (χ3v) is 4.07. The molecule has 0 fully saturated rings. The second kappa shape index (κ2) is 4.97. The lowest BCUT2D eigenvalue weighted by molar-refractivity contribution is 0.134. The van der Waals surface area contributed by atoms with E-state index in [9.17, 15) is 0 Å². The van der Waals surface area contributed by atoms with E-state index in [0.717, 1.165) is 21.7 Å². The molecule has 0 aromatic heterocycles. The second-order valence-corrected chi connectivity index (χ2v) is 5.41. The van der Waals surface area contributed by atoms with E-state index in [1.54, 1.807) is 0 Å². The van der Waals surface area contributed by atoms with Gasteiger partial charge in [-0.1, -0.05) is 41.9 Å². The van der Waals surface area contributed by atoms with Crippen molar-refractivity contribution in [1.29, 1.82) is 0 Å². The molecular formula is C16H16ClNO. The highest BCUT2D eigenvalue weighted by molar-refractivity contribution is 6.31. The van der Waals surface area contributed by atoms with Gasteiger partial charge in [-0.25, -0.2) is 0 Å². The third-order valence-electron chi connectivity index (χ3n) is 3.66. The third kappa shape index (κ3) is 2.39. The summed E-state index contributed by atoms with van der Waals surface area (Å²) in [7, 11) is 0. The predicted octanol–water partition coefficient (Wildman–Crippen LogP) is 3.73. The fourth-order valence-corrected chi connectivity index (χ4v) is 2.57. The zero-order chi connectivity index (χ0) is 13.4. The van der Waals surface area contributed by atoms with E-state index in [1.165, 1.54) is 11.1 Å². The molecule has 1 aliphatic heterocycles. The van der Waals surface area contributed by atoms with Gasteiger partial charge in [-0.2, -0.15) is 0 Å². The van der Waals surface area contributed by atoms with Crippen LogP contribution in [-0.4, -0.2) is 0 Å². The maximum Gasteiger partial charge on any atom is 0.0725 e. The SMILES string of the molecule is Cc1ccc(C(N)c2ccc3c(c2)COC3)cc1Cl. The van der Waals surface area contributed by atoms with E-state index >= 15 is 0 Å². The maximum absolute atomic E-state index is 6.33. The summed E-state index contributed by atoms with van der Waals surface area (Å²) in [4.78, 5) is 0. The summed E-state index contributed by atoms with van der Waals surface area (Å²) in [5.41, 5.74) is 12.0. The minimum atomic E-state index is -0.149. The molecule has 2 nitrogen and oxygen atoms in total. The summed E-state index contributed by atoms with van der Waals surface area (Å²) in [6.45, 7) is 3.39. The smallest absolute Gasteiger partial charge is 0.0725 e.